The smallest absolute Gasteiger partial charge is 0.0801 e. The van der Waals surface area contributed by atoms with Crippen LogP contribution in [0.3, 0.4) is 0 Å². The van der Waals surface area contributed by atoms with Gasteiger partial charge in [-0.05, 0) is 53.1 Å². The van der Waals surface area contributed by atoms with Gasteiger partial charge in [-0.15, -0.1) is 16.4 Å². The van der Waals surface area contributed by atoms with Crippen molar-refractivity contribution in [1.82, 2.24) is 14.9 Å². The number of hydrogen-bond acceptors (Lipinski definition) is 5. The van der Waals surface area contributed by atoms with Gasteiger partial charge >= 0.3 is 0 Å². The van der Waals surface area contributed by atoms with Crippen molar-refractivity contribution in [2.24, 2.45) is 0 Å². The first-order valence-electron chi connectivity index (χ1n) is 5.47. The molecule has 0 fully saturated rings. The molecule has 1 atom stereocenters. The minimum absolute atomic E-state index is 0.315. The van der Waals surface area contributed by atoms with Gasteiger partial charge in [-0.25, -0.2) is 0 Å². The molecule has 0 aliphatic heterocycles. The summed E-state index contributed by atoms with van der Waals surface area (Å²) >= 11 is 6.78. The number of nitrogens with zero attached hydrogens (tertiary/aromatic N) is 2. The van der Waals surface area contributed by atoms with E-state index in [1.807, 2.05) is 7.05 Å². The van der Waals surface area contributed by atoms with E-state index in [0.717, 1.165) is 18.5 Å². The third kappa shape index (κ3) is 3.13. The predicted molar refractivity (Wildman–Crippen MR) is 76.8 cm³/mol. The average molecular weight is 332 g/mol. The van der Waals surface area contributed by atoms with Crippen molar-refractivity contribution in [2.45, 2.75) is 25.8 Å². The summed E-state index contributed by atoms with van der Waals surface area (Å²) in [6.07, 6.45) is 1.93. The molecule has 1 N–H and O–H groups in total. The molecule has 2 aromatic rings. The third-order valence-corrected chi connectivity index (χ3v) is 5.15. The number of halogens is 1. The lowest BCUT2D eigenvalue weighted by Crippen LogP contribution is -2.18. The Hall–Kier alpha value is -0.300. The summed E-state index contributed by atoms with van der Waals surface area (Å²) in [5, 5.41) is 7.53. The molecule has 0 aliphatic carbocycles. The minimum atomic E-state index is 0.315. The number of nitrogens with one attached hydrogen (secondary N) is 1. The van der Waals surface area contributed by atoms with Crippen LogP contribution >= 0.6 is 38.8 Å². The van der Waals surface area contributed by atoms with E-state index in [-0.39, 0.29) is 0 Å². The van der Waals surface area contributed by atoms with Crippen LogP contribution in [-0.4, -0.2) is 16.6 Å². The van der Waals surface area contributed by atoms with Crippen molar-refractivity contribution in [3.63, 3.8) is 0 Å². The highest BCUT2D eigenvalue weighted by Crippen LogP contribution is 2.29. The molecule has 2 rings (SSSR count). The molecule has 6 heteroatoms. The van der Waals surface area contributed by atoms with Crippen molar-refractivity contribution in [1.29, 1.82) is 0 Å². The lowest BCUT2D eigenvalue weighted by molar-refractivity contribution is 0.600. The molecular weight excluding hydrogens is 318 g/mol. The quantitative estimate of drug-likeness (QED) is 0.912. The average Bonchev–Trinajstić information content (AvgIpc) is 2.94. The SMILES string of the molecule is CCc1nnsc1C(Cc1ccc(Br)s1)NC. The molecule has 2 heterocycles. The van der Waals surface area contributed by atoms with Crippen molar-refractivity contribution in [3.05, 3.63) is 31.4 Å². The van der Waals surface area contributed by atoms with Crippen molar-refractivity contribution in [3.8, 4) is 0 Å². The Bertz CT molecular complexity index is 481. The van der Waals surface area contributed by atoms with E-state index in [9.17, 15) is 0 Å². The largest absolute Gasteiger partial charge is 0.312 e. The topological polar surface area (TPSA) is 37.8 Å². The van der Waals surface area contributed by atoms with E-state index < -0.39 is 0 Å². The normalized spacial score (nSPS) is 12.9. The number of thiophene rings is 1. The Labute approximate surface area is 118 Å². The van der Waals surface area contributed by atoms with E-state index in [1.54, 1.807) is 11.3 Å². The molecule has 92 valence electrons. The van der Waals surface area contributed by atoms with Crippen LogP contribution in [0.2, 0.25) is 0 Å². The number of aryl methyl sites for hydroxylation is 1. The standard InChI is InChI=1S/C11H14BrN3S2/c1-3-8-11(17-15-14-8)9(13-2)6-7-4-5-10(12)16-7/h4-5,9,13H,3,6H2,1-2H3. The predicted octanol–water partition coefficient (Wildman–Crippen LogP) is 3.43. The molecular formula is C11H14BrN3S2. The second-order valence-corrected chi connectivity index (χ2v) is 7.02. The molecule has 0 aromatic carbocycles. The van der Waals surface area contributed by atoms with Crippen molar-refractivity contribution >= 4 is 38.8 Å². The molecule has 0 radical (unpaired) electrons. The lowest BCUT2D eigenvalue weighted by Gasteiger charge is -2.13. The van der Waals surface area contributed by atoms with E-state index in [2.05, 4.69) is 49.9 Å². The maximum absolute atomic E-state index is 4.17. The van der Waals surface area contributed by atoms with Gasteiger partial charge in [-0.2, -0.15) is 0 Å². The first-order chi connectivity index (χ1) is 8.24. The third-order valence-electron chi connectivity index (χ3n) is 2.62. The molecule has 1 unspecified atom stereocenters. The van der Waals surface area contributed by atoms with Crippen LogP contribution in [-0.2, 0) is 12.8 Å². The maximum Gasteiger partial charge on any atom is 0.0801 e. The molecule has 0 saturated heterocycles. The maximum atomic E-state index is 4.17. The summed E-state index contributed by atoms with van der Waals surface area (Å²) in [4.78, 5) is 2.63. The van der Waals surface area contributed by atoms with Gasteiger partial charge in [0.25, 0.3) is 0 Å². The first kappa shape index (κ1) is 13.1. The Morgan fingerprint density at radius 1 is 1.47 bits per heavy atom. The molecule has 2 aromatic heterocycles. The number of likely N-dealkylation sites (N-methyl/N-ethyl adjacent to an activating group) is 1. The number of rotatable bonds is 5. The van der Waals surface area contributed by atoms with E-state index in [1.165, 1.54) is 25.1 Å². The Morgan fingerprint density at radius 3 is 2.88 bits per heavy atom. The minimum Gasteiger partial charge on any atom is -0.312 e. The van der Waals surface area contributed by atoms with Crippen LogP contribution in [0.1, 0.15) is 28.4 Å². The van der Waals surface area contributed by atoms with Crippen LogP contribution in [0, 0.1) is 0 Å². The summed E-state index contributed by atoms with van der Waals surface area (Å²) in [5.74, 6) is 0. The summed E-state index contributed by atoms with van der Waals surface area (Å²) < 4.78 is 5.24. The molecule has 3 nitrogen and oxygen atoms in total. The molecule has 0 bridgehead atoms. The van der Waals surface area contributed by atoms with Gasteiger partial charge in [0.1, 0.15) is 0 Å². The van der Waals surface area contributed by atoms with Crippen LogP contribution in [0.4, 0.5) is 0 Å². The second-order valence-electron chi connectivity index (χ2n) is 3.69. The Kier molecular flexibility index (Phi) is 4.67. The fraction of sp³-hybridized carbons (Fsp3) is 0.455. The van der Waals surface area contributed by atoms with Crippen LogP contribution < -0.4 is 5.32 Å². The van der Waals surface area contributed by atoms with Crippen LogP contribution in [0.5, 0.6) is 0 Å². The van der Waals surface area contributed by atoms with Gasteiger partial charge in [-0.1, -0.05) is 11.4 Å². The van der Waals surface area contributed by atoms with Gasteiger partial charge in [0.15, 0.2) is 0 Å². The number of hydrogen-bond donors (Lipinski definition) is 1. The molecule has 0 amide bonds. The lowest BCUT2D eigenvalue weighted by atomic mass is 10.1. The highest BCUT2D eigenvalue weighted by Gasteiger charge is 2.18. The highest BCUT2D eigenvalue weighted by atomic mass is 79.9. The fourth-order valence-electron chi connectivity index (χ4n) is 1.71. The summed E-state index contributed by atoms with van der Waals surface area (Å²) in [5.41, 5.74) is 1.12. The van der Waals surface area contributed by atoms with Gasteiger partial charge in [-0.3, -0.25) is 0 Å². The summed E-state index contributed by atoms with van der Waals surface area (Å²) in [6.45, 7) is 2.12. The Balaban J connectivity index is 2.16. The number of aromatic nitrogens is 2. The van der Waals surface area contributed by atoms with Crippen LogP contribution in [0.25, 0.3) is 0 Å². The molecule has 17 heavy (non-hydrogen) atoms. The fourth-order valence-corrected chi connectivity index (χ4v) is 4.09. The molecule has 0 aliphatic rings. The zero-order valence-corrected chi connectivity index (χ0v) is 13.0. The molecule has 0 saturated carbocycles. The van der Waals surface area contributed by atoms with Gasteiger partial charge in [0.2, 0.25) is 0 Å². The summed E-state index contributed by atoms with van der Waals surface area (Å²) in [7, 11) is 1.99. The zero-order valence-electron chi connectivity index (χ0n) is 9.74. The summed E-state index contributed by atoms with van der Waals surface area (Å²) in [6, 6.07) is 4.58. The Morgan fingerprint density at radius 2 is 2.29 bits per heavy atom. The van der Waals surface area contributed by atoms with E-state index >= 15 is 0 Å². The second kappa shape index (κ2) is 6.04. The van der Waals surface area contributed by atoms with Gasteiger partial charge in [0.05, 0.1) is 14.4 Å². The van der Waals surface area contributed by atoms with Gasteiger partial charge in [0, 0.05) is 17.3 Å². The first-order valence-corrected chi connectivity index (χ1v) is 7.85. The molecule has 0 spiro atoms. The van der Waals surface area contributed by atoms with E-state index in [0.29, 0.717) is 6.04 Å². The van der Waals surface area contributed by atoms with Crippen molar-refractivity contribution < 1.29 is 0 Å². The van der Waals surface area contributed by atoms with E-state index in [4.69, 9.17) is 0 Å². The van der Waals surface area contributed by atoms with Gasteiger partial charge < -0.3 is 5.32 Å². The van der Waals surface area contributed by atoms with Crippen molar-refractivity contribution in [2.75, 3.05) is 7.05 Å². The van der Waals surface area contributed by atoms with Crippen LogP contribution in [0.15, 0.2) is 15.9 Å². The monoisotopic (exact) mass is 331 g/mol. The highest BCUT2D eigenvalue weighted by molar-refractivity contribution is 9.11. The zero-order chi connectivity index (χ0) is 12.3.